The number of ketones is 2. The summed E-state index contributed by atoms with van der Waals surface area (Å²) >= 11 is 0. The topological polar surface area (TPSA) is 177 Å². The maximum Gasteiger partial charge on any atom is 0.255 e. The number of carbonyl (C=O) groups excluding carboxylic acids is 3. The molecular weight excluding hydrogens is 516 g/mol. The first kappa shape index (κ1) is 29.6. The van der Waals surface area contributed by atoms with E-state index in [4.69, 9.17) is 5.73 Å². The Labute approximate surface area is 233 Å². The molecule has 218 valence electrons. The van der Waals surface area contributed by atoms with Crippen LogP contribution in [0.2, 0.25) is 0 Å². The number of phenolic OH excluding ortho intramolecular Hbond substituents is 1. The zero-order valence-electron chi connectivity index (χ0n) is 23.9. The van der Waals surface area contributed by atoms with Crippen LogP contribution in [0.15, 0.2) is 28.7 Å². The molecule has 5 atom stereocenters. The number of likely N-dealkylation sites (N-methyl/N-ethyl adjacent to an activating group) is 1. The molecule has 11 heteroatoms. The van der Waals surface area contributed by atoms with Crippen molar-refractivity contribution in [1.82, 2.24) is 10.2 Å². The largest absolute Gasteiger partial charge is 0.510 e. The summed E-state index contributed by atoms with van der Waals surface area (Å²) in [4.78, 5) is 43.0. The molecule has 0 aliphatic heterocycles. The van der Waals surface area contributed by atoms with Crippen molar-refractivity contribution in [2.45, 2.75) is 51.3 Å². The summed E-state index contributed by atoms with van der Waals surface area (Å²) in [5.74, 6) is -6.09. The lowest BCUT2D eigenvalue weighted by Crippen LogP contribution is -2.63. The van der Waals surface area contributed by atoms with Crippen LogP contribution in [-0.4, -0.2) is 89.2 Å². The highest BCUT2D eigenvalue weighted by Crippen LogP contribution is 2.53. The first-order valence-corrected chi connectivity index (χ1v) is 13.6. The zero-order valence-corrected chi connectivity index (χ0v) is 23.9. The minimum absolute atomic E-state index is 0.0207. The van der Waals surface area contributed by atoms with Crippen LogP contribution >= 0.6 is 0 Å². The minimum Gasteiger partial charge on any atom is -0.510 e. The second-order valence-electron chi connectivity index (χ2n) is 11.8. The Morgan fingerprint density at radius 2 is 1.85 bits per heavy atom. The number of rotatable bonds is 8. The summed E-state index contributed by atoms with van der Waals surface area (Å²) in [6, 6.07) is 0.824. The van der Waals surface area contributed by atoms with Crippen molar-refractivity contribution in [2.75, 3.05) is 39.6 Å². The van der Waals surface area contributed by atoms with Gasteiger partial charge in [-0.15, -0.1) is 0 Å². The fourth-order valence-corrected chi connectivity index (χ4v) is 6.48. The van der Waals surface area contributed by atoms with E-state index in [0.29, 0.717) is 23.6 Å². The molecule has 7 N–H and O–H groups in total. The third-order valence-electron chi connectivity index (χ3n) is 8.76. The van der Waals surface area contributed by atoms with Crippen molar-refractivity contribution in [3.63, 3.8) is 0 Å². The van der Waals surface area contributed by atoms with Gasteiger partial charge in [-0.2, -0.15) is 0 Å². The number of anilines is 1. The van der Waals surface area contributed by atoms with Gasteiger partial charge in [0.25, 0.3) is 5.91 Å². The summed E-state index contributed by atoms with van der Waals surface area (Å²) in [5.41, 5.74) is 3.63. The van der Waals surface area contributed by atoms with E-state index in [1.54, 1.807) is 14.1 Å². The zero-order chi connectivity index (χ0) is 29.8. The van der Waals surface area contributed by atoms with Crippen molar-refractivity contribution in [3.8, 4) is 5.75 Å². The van der Waals surface area contributed by atoms with Gasteiger partial charge in [-0.1, -0.05) is 20.3 Å². The number of fused-ring (bicyclic) bond motifs is 3. The number of primary amides is 1. The Balaban J connectivity index is 1.88. The van der Waals surface area contributed by atoms with Gasteiger partial charge in [0.05, 0.1) is 11.6 Å². The smallest absolute Gasteiger partial charge is 0.255 e. The number of nitrogens with two attached hydrogens (primary N) is 1. The Morgan fingerprint density at radius 1 is 1.20 bits per heavy atom. The van der Waals surface area contributed by atoms with Crippen LogP contribution in [-0.2, 0) is 22.6 Å². The molecule has 1 amide bonds. The number of hydrogen-bond donors (Lipinski definition) is 6. The van der Waals surface area contributed by atoms with Gasteiger partial charge in [0.15, 0.2) is 11.4 Å². The molecule has 1 aromatic carbocycles. The number of aliphatic hydroxyl groups excluding tert-OH is 2. The molecule has 1 aromatic rings. The summed E-state index contributed by atoms with van der Waals surface area (Å²) in [6.07, 6.45) is 1.29. The van der Waals surface area contributed by atoms with Gasteiger partial charge < -0.3 is 36.4 Å². The molecule has 0 radical (unpaired) electrons. The van der Waals surface area contributed by atoms with Crippen LogP contribution in [0.4, 0.5) is 5.69 Å². The second kappa shape index (κ2) is 10.5. The maximum atomic E-state index is 14.1. The van der Waals surface area contributed by atoms with E-state index in [-0.39, 0.29) is 29.7 Å². The first-order valence-electron chi connectivity index (χ1n) is 13.6. The van der Waals surface area contributed by atoms with Gasteiger partial charge in [0.2, 0.25) is 5.78 Å². The standard InChI is InChI=1S/C29H40N4O7/c1-7-13(2)11-31-12-15-10-18(32(3)4)16-8-14-9-17-22(33(5)6)25(36)21(28(30)39)27(38)29(17,40)26(37)19(14)24(35)20(16)23(15)34/h10,13-14,17,22,31,34,36-37,40H,7-9,11-12H2,1-6H3,(H2,30,39)/t13?,14-,17-,22-,29-/m0/s1. The van der Waals surface area contributed by atoms with Gasteiger partial charge in [0.1, 0.15) is 22.8 Å². The average Bonchev–Trinajstić information content (AvgIpc) is 2.86. The van der Waals surface area contributed by atoms with E-state index in [1.807, 2.05) is 25.1 Å². The molecule has 0 bridgehead atoms. The molecule has 1 unspecified atom stereocenters. The SMILES string of the molecule is CCC(C)CNCc1cc(N(C)C)c2c(c1O)C(=O)C1=C(O)[C@]3(O)C(=O)C(C(N)=O)=C(O)[C@@H](N(C)C)[C@@H]3C[C@@H]1C2. The van der Waals surface area contributed by atoms with Gasteiger partial charge >= 0.3 is 0 Å². The predicted molar refractivity (Wildman–Crippen MR) is 149 cm³/mol. The molecule has 0 aromatic heterocycles. The Morgan fingerprint density at radius 3 is 2.40 bits per heavy atom. The van der Waals surface area contributed by atoms with Crippen LogP contribution < -0.4 is 16.0 Å². The molecule has 0 fully saturated rings. The van der Waals surface area contributed by atoms with Crippen molar-refractivity contribution < 1.29 is 34.8 Å². The Kier molecular flexibility index (Phi) is 7.78. The molecule has 0 saturated carbocycles. The van der Waals surface area contributed by atoms with Crippen molar-refractivity contribution in [1.29, 1.82) is 0 Å². The quantitative estimate of drug-likeness (QED) is 0.256. The van der Waals surface area contributed by atoms with E-state index < -0.39 is 58.0 Å². The molecule has 40 heavy (non-hydrogen) atoms. The van der Waals surface area contributed by atoms with E-state index in [1.165, 1.54) is 4.90 Å². The molecule has 11 nitrogen and oxygen atoms in total. The third-order valence-corrected chi connectivity index (χ3v) is 8.76. The van der Waals surface area contributed by atoms with Crippen LogP contribution in [0.3, 0.4) is 0 Å². The van der Waals surface area contributed by atoms with E-state index in [9.17, 15) is 34.8 Å². The van der Waals surface area contributed by atoms with Crippen LogP contribution in [0, 0.1) is 17.8 Å². The molecule has 3 aliphatic carbocycles. The predicted octanol–water partition coefficient (Wildman–Crippen LogP) is 1.32. The number of Topliss-reactive ketones (excluding diaryl/α,β-unsaturated/α-hetero) is 2. The second-order valence-corrected chi connectivity index (χ2v) is 11.8. The van der Waals surface area contributed by atoms with Gasteiger partial charge in [-0.05, 0) is 56.9 Å². The summed E-state index contributed by atoms with van der Waals surface area (Å²) in [5, 5.41) is 48.8. The van der Waals surface area contributed by atoms with E-state index >= 15 is 0 Å². The Bertz CT molecular complexity index is 1330. The summed E-state index contributed by atoms with van der Waals surface area (Å²) < 4.78 is 0. The molecular formula is C29H40N4O7. The average molecular weight is 557 g/mol. The number of benzene rings is 1. The van der Waals surface area contributed by atoms with Crippen LogP contribution in [0.25, 0.3) is 0 Å². The minimum atomic E-state index is -2.65. The highest BCUT2D eigenvalue weighted by atomic mass is 16.3. The highest BCUT2D eigenvalue weighted by Gasteiger charge is 2.63. The number of aromatic hydroxyl groups is 1. The number of carbonyl (C=O) groups is 3. The van der Waals surface area contributed by atoms with Crippen molar-refractivity contribution >= 4 is 23.2 Å². The van der Waals surface area contributed by atoms with Gasteiger partial charge in [-0.3, -0.25) is 19.3 Å². The molecule has 0 spiro atoms. The van der Waals surface area contributed by atoms with Gasteiger partial charge in [0, 0.05) is 43.4 Å². The fraction of sp³-hybridized carbons (Fsp3) is 0.552. The van der Waals surface area contributed by atoms with Crippen LogP contribution in [0.5, 0.6) is 5.75 Å². The van der Waals surface area contributed by atoms with Crippen molar-refractivity contribution in [2.24, 2.45) is 23.5 Å². The molecule has 0 heterocycles. The summed E-state index contributed by atoms with van der Waals surface area (Å²) in [7, 11) is 6.89. The van der Waals surface area contributed by atoms with Crippen LogP contribution in [0.1, 0.15) is 48.2 Å². The summed E-state index contributed by atoms with van der Waals surface area (Å²) in [6.45, 7) is 5.23. The van der Waals surface area contributed by atoms with E-state index in [2.05, 4.69) is 19.2 Å². The lowest BCUT2D eigenvalue weighted by atomic mass is 9.58. The lowest BCUT2D eigenvalue weighted by molar-refractivity contribution is -0.148. The highest BCUT2D eigenvalue weighted by molar-refractivity contribution is 6.24. The number of nitrogens with zero attached hydrogens (tertiary/aromatic N) is 2. The number of amides is 1. The number of allylic oxidation sites excluding steroid dienone is 1. The number of aliphatic hydroxyl groups is 3. The normalized spacial score (nSPS) is 26.9. The third kappa shape index (κ3) is 4.36. The molecule has 3 aliphatic rings. The first-order chi connectivity index (χ1) is 18.7. The number of nitrogens with one attached hydrogen (secondary N) is 1. The monoisotopic (exact) mass is 556 g/mol. The van der Waals surface area contributed by atoms with Crippen molar-refractivity contribution in [3.05, 3.63) is 45.4 Å². The van der Waals surface area contributed by atoms with Gasteiger partial charge in [-0.25, -0.2) is 0 Å². The number of hydrogen-bond acceptors (Lipinski definition) is 10. The Hall–Kier alpha value is -3.41. The fourth-order valence-electron chi connectivity index (χ4n) is 6.48. The van der Waals surface area contributed by atoms with E-state index in [0.717, 1.165) is 18.7 Å². The maximum absolute atomic E-state index is 14.1. The molecule has 0 saturated heterocycles. The number of phenols is 1. The molecule has 4 rings (SSSR count). The lowest BCUT2D eigenvalue weighted by Gasteiger charge is -2.50.